The molecule has 1 aliphatic carbocycles. The van der Waals surface area contributed by atoms with Gasteiger partial charge in [0.05, 0.1) is 62.0 Å². The Hall–Kier alpha value is -7.14. The number of β-amino-alcohol motifs (C(OH)–C–C–N with tert-alkyl or cyclic N) is 1. The number of aromatic hydroxyl groups is 1. The highest BCUT2D eigenvalue weighted by molar-refractivity contribution is 7.90. The molecule has 578 valence electrons. The van der Waals surface area contributed by atoms with Crippen molar-refractivity contribution in [2.75, 3.05) is 65.7 Å². The second-order valence-electron chi connectivity index (χ2n) is 27.8. The van der Waals surface area contributed by atoms with Gasteiger partial charge in [-0.25, -0.2) is 5.26 Å². The van der Waals surface area contributed by atoms with Crippen LogP contribution >= 0.6 is 23.7 Å². The molecule has 4 aliphatic heterocycles. The van der Waals surface area contributed by atoms with Crippen molar-refractivity contribution in [2.45, 2.75) is 201 Å². The number of ether oxygens (including phenoxy) is 1. The maximum absolute atomic E-state index is 15.0. The van der Waals surface area contributed by atoms with Crippen LogP contribution in [0.2, 0.25) is 0 Å². The van der Waals surface area contributed by atoms with Crippen molar-refractivity contribution in [3.05, 3.63) is 83.4 Å². The van der Waals surface area contributed by atoms with E-state index in [1.807, 2.05) is 0 Å². The molecule has 13 atom stereocenters. The van der Waals surface area contributed by atoms with E-state index in [1.54, 1.807) is 12.1 Å². The molecule has 4 aromatic rings. The Bertz CT molecular complexity index is 3490. The third-order valence-corrected chi connectivity index (χ3v) is 21.6. The van der Waals surface area contributed by atoms with E-state index in [-0.39, 0.29) is 48.9 Å². The molecule has 0 unspecified atom stereocenters. The summed E-state index contributed by atoms with van der Waals surface area (Å²) in [4.78, 5) is 107. The van der Waals surface area contributed by atoms with Crippen LogP contribution in [0.1, 0.15) is 125 Å². The highest BCUT2D eigenvalue weighted by Gasteiger charge is 2.50. The predicted molar refractivity (Wildman–Crippen MR) is 378 cm³/mol. The van der Waals surface area contributed by atoms with E-state index in [4.69, 9.17) is 19.3 Å². The van der Waals surface area contributed by atoms with Crippen LogP contribution in [0.25, 0.3) is 21.1 Å². The molecule has 7 amide bonds. The van der Waals surface area contributed by atoms with Crippen LogP contribution in [-0.2, 0) is 49.3 Å². The van der Waals surface area contributed by atoms with E-state index in [0.29, 0.717) is 33.6 Å². The van der Waals surface area contributed by atoms with Crippen molar-refractivity contribution in [1.29, 1.82) is 0 Å². The van der Waals surface area contributed by atoms with Crippen LogP contribution in [-0.4, -0.2) is 279 Å². The number of nitrogens with one attached hydrogen (secondary N) is 6. The van der Waals surface area contributed by atoms with Crippen LogP contribution in [0.15, 0.2) is 66.7 Å². The first-order chi connectivity index (χ1) is 50.5. The summed E-state index contributed by atoms with van der Waals surface area (Å²) >= 11 is 1.41. The number of hydrogen-bond donors (Lipinski definition) is 17. The number of aromatic nitrogens is 2. The summed E-state index contributed by atoms with van der Waals surface area (Å²) in [5.74, 6) is -9.17. The van der Waals surface area contributed by atoms with Gasteiger partial charge < -0.3 is 107 Å². The molecule has 0 radical (unpaired) electrons. The first kappa shape index (κ1) is 81.9. The van der Waals surface area contributed by atoms with Gasteiger partial charge in [0.2, 0.25) is 35.4 Å². The number of carbonyl (C=O) groups excluding carboxylic acids is 7. The number of unbranched alkanes of at least 4 members (excludes halogenated alkanes) is 3. The van der Waals surface area contributed by atoms with Crippen molar-refractivity contribution in [3.63, 3.8) is 0 Å². The Morgan fingerprint density at radius 1 is 0.724 bits per heavy atom. The molecule has 105 heavy (non-hydrogen) atoms. The minimum atomic E-state index is -2.16. The second-order valence-corrected chi connectivity index (χ2v) is 29.2. The lowest BCUT2D eigenvalue weighted by Gasteiger charge is -2.41. The van der Waals surface area contributed by atoms with Crippen molar-refractivity contribution in [2.24, 2.45) is 5.92 Å². The Balaban J connectivity index is 0.916. The number of carbonyl (C=O) groups is 7. The normalized spacial score (nSPS) is 26.8. The molecule has 5 fully saturated rings. The van der Waals surface area contributed by atoms with Gasteiger partial charge in [-0.2, -0.15) is 0 Å². The Morgan fingerprint density at radius 2 is 1.37 bits per heavy atom. The van der Waals surface area contributed by atoms with Gasteiger partial charge >= 0.3 is 0 Å². The lowest BCUT2D eigenvalue weighted by atomic mass is 9.86. The topological polar surface area (TPSA) is 487 Å². The summed E-state index contributed by atoms with van der Waals surface area (Å²) in [6, 6.07) is 6.40. The number of nitrogens with zero attached hydrogens (tertiary/aromatic N) is 5. The van der Waals surface area contributed by atoms with Crippen LogP contribution < -0.4 is 36.1 Å². The van der Waals surface area contributed by atoms with Gasteiger partial charge in [-0.05, 0) is 126 Å². The number of aliphatic hydroxyl groups excluding tert-OH is 9. The summed E-state index contributed by atoms with van der Waals surface area (Å²) in [7, 11) is 0. The molecule has 1 aromatic heterocycles. The number of phenolic OH excluding ortho intramolecular Hbond substituents is 1. The average molecular weight is 1510 g/mol. The molecule has 1 saturated carbocycles. The smallest absolute Gasteiger partial charge is 0.261 e. The lowest BCUT2D eigenvalue weighted by Crippen LogP contribution is -2.64. The van der Waals surface area contributed by atoms with Gasteiger partial charge in [0, 0.05) is 80.8 Å². The Kier molecular flexibility index (Phi) is 30.9. The highest BCUT2D eigenvalue weighted by atomic mass is 32.2. The SMILES string of the molecule is C[C@@H](O)[C@@H]1NC(=O)[C@@H](NC(=O)c2ccc(-c3nnc(-c4ccc(C5CCN(C6CCC(OCCCCCCO)CC6)CC5)cc4)s3)cc2)C[C@@H](O)CNC(=O)[C@@H]2[C@@H](O)[C@@H](C)CN2C(=O)[C@H]([C@H](O)CCNC(CO)CO)NC(=O)[C@H]([C@H](O)Cc2ccc(O)c(OSOOO)c2)NC(=O)[C@@H]2C[C@@H](O)CN2C1=O. The van der Waals surface area contributed by atoms with E-state index < -0.39 is 184 Å². The molecule has 33 nitrogen and oxygen atoms in total. The number of aliphatic hydroxyl groups is 9. The largest absolute Gasteiger partial charge is 0.504 e. The highest BCUT2D eigenvalue weighted by Crippen LogP contribution is 2.37. The van der Waals surface area contributed by atoms with Crippen molar-refractivity contribution < 1.29 is 108 Å². The van der Waals surface area contributed by atoms with Gasteiger partial charge in [-0.15, -0.1) is 10.2 Å². The molecular formula is C70H99N11O22S2. The van der Waals surface area contributed by atoms with E-state index in [1.165, 1.54) is 48.1 Å². The summed E-state index contributed by atoms with van der Waals surface area (Å²) in [6.45, 7) is 2.81. The summed E-state index contributed by atoms with van der Waals surface area (Å²) in [5.41, 5.74) is 2.88. The zero-order valence-electron chi connectivity index (χ0n) is 58.6. The molecule has 3 aromatic carbocycles. The van der Waals surface area contributed by atoms with E-state index >= 15 is 4.79 Å². The first-order valence-electron chi connectivity index (χ1n) is 35.8. The van der Waals surface area contributed by atoms with Gasteiger partial charge in [0.1, 0.15) is 46.3 Å². The van der Waals surface area contributed by atoms with E-state index in [2.05, 4.69) is 80.6 Å². The fourth-order valence-corrected chi connectivity index (χ4v) is 15.3. The summed E-state index contributed by atoms with van der Waals surface area (Å²) in [5, 5.41) is 146. The number of hydrogen-bond acceptors (Lipinski definition) is 28. The van der Waals surface area contributed by atoms with Crippen LogP contribution in [0.3, 0.4) is 0 Å². The van der Waals surface area contributed by atoms with Crippen molar-refractivity contribution in [3.8, 4) is 32.6 Å². The Morgan fingerprint density at radius 3 is 2.03 bits per heavy atom. The molecular weight excluding hydrogens is 1410 g/mol. The maximum atomic E-state index is 15.0. The monoisotopic (exact) mass is 1510 g/mol. The first-order valence-corrected chi connectivity index (χ1v) is 37.3. The molecule has 35 heteroatoms. The second kappa shape index (κ2) is 39.6. The number of piperidine rings is 1. The minimum Gasteiger partial charge on any atom is -0.504 e. The van der Waals surface area contributed by atoms with Gasteiger partial charge in [-0.3, -0.25) is 33.6 Å². The number of fused-ring (bicyclic) bond motifs is 2. The zero-order valence-corrected chi connectivity index (χ0v) is 60.2. The summed E-state index contributed by atoms with van der Waals surface area (Å²) < 4.78 is 15.6. The molecule has 5 aliphatic rings. The summed E-state index contributed by atoms with van der Waals surface area (Å²) in [6.07, 6.45) is -1.73. The van der Waals surface area contributed by atoms with Gasteiger partial charge in [0.25, 0.3) is 18.2 Å². The van der Waals surface area contributed by atoms with Gasteiger partial charge in [-0.1, -0.05) is 82.9 Å². The molecule has 0 spiro atoms. The molecule has 0 bridgehead atoms. The molecule has 5 heterocycles. The fourth-order valence-electron chi connectivity index (χ4n) is 14.2. The number of amides is 7. The Labute approximate surface area is 615 Å². The zero-order chi connectivity index (χ0) is 75.4. The third-order valence-electron chi connectivity index (χ3n) is 20.3. The molecule has 4 saturated heterocycles. The number of likely N-dealkylation sites (tertiary alicyclic amines) is 1. The van der Waals surface area contributed by atoms with Crippen LogP contribution in [0, 0.1) is 5.92 Å². The molecule has 17 N–H and O–H groups in total. The maximum Gasteiger partial charge on any atom is 0.261 e. The van der Waals surface area contributed by atoms with Gasteiger partial charge in [0.15, 0.2) is 11.5 Å². The number of phenols is 1. The average Bonchev–Trinajstić information content (AvgIpc) is 1.68. The number of rotatable bonds is 28. The lowest BCUT2D eigenvalue weighted by molar-refractivity contribution is -0.433. The van der Waals surface area contributed by atoms with Crippen LogP contribution in [0.4, 0.5) is 0 Å². The van der Waals surface area contributed by atoms with Crippen LogP contribution in [0.5, 0.6) is 11.5 Å². The third kappa shape index (κ3) is 22.0. The van der Waals surface area contributed by atoms with E-state index in [0.717, 1.165) is 112 Å². The quantitative estimate of drug-likeness (QED) is 0.0144. The van der Waals surface area contributed by atoms with Crippen molar-refractivity contribution >= 4 is 65.0 Å². The van der Waals surface area contributed by atoms with E-state index in [9.17, 15) is 74.7 Å². The number of benzene rings is 3. The molecule has 9 rings (SSSR count). The fraction of sp³-hybridized carbons (Fsp3) is 0.614. The minimum absolute atomic E-state index is 0.0197. The standard InChI is InChI=1S/C70H99N11O22S2/c1-38-34-81-60(61(38)91)66(96)72-33-48(86)31-51(73-62(92)43-10-14-45(15-11-43)68-78-77-67(104-68)44-12-8-41(9-13-44)42-22-25-79(26-23-42)47-16-18-50(19-17-47)100-28-6-4-3-5-27-82)63(93)74-57(39(2)85)69(97)80-35-49(87)32-52(80)64(94)75-58(55(90)29-40-7-20-53(88)56(30-40)101-105-103-102-99)65(95)76-59(70(81)98)54(89)21-24-71-46(36-83)37-84/h7-15,20,30,38-39,42,46-52,54-55,57-61,71,82-91,99H,3-6,16-19,21-29,31-37H2,1-2H3,(H,72,96)(H,73,92)(H,74,93)(H,75,94)(H,76,95)/t38-,39+,47?,48+,49+,50?,51-,52-,54+,55+,57-,58-,59-,60-,61-/m0/s1. The van der Waals surface area contributed by atoms with Crippen molar-refractivity contribution in [1.82, 2.24) is 56.8 Å². The predicted octanol–water partition coefficient (Wildman–Crippen LogP) is -0.718.